The number of carbonyl (C=O) groups excluding carboxylic acids is 1. The Morgan fingerprint density at radius 1 is 1.50 bits per heavy atom. The van der Waals surface area contributed by atoms with Crippen LogP contribution < -0.4 is 5.32 Å². The molecule has 1 saturated heterocycles. The predicted octanol–water partition coefficient (Wildman–Crippen LogP) is 2.12. The van der Waals surface area contributed by atoms with Gasteiger partial charge in [0.1, 0.15) is 5.82 Å². The Morgan fingerprint density at radius 3 is 3.05 bits per heavy atom. The van der Waals surface area contributed by atoms with Crippen molar-refractivity contribution in [3.05, 3.63) is 16.7 Å². The summed E-state index contributed by atoms with van der Waals surface area (Å²) in [7, 11) is 0. The molecule has 1 amide bonds. The van der Waals surface area contributed by atoms with Crippen LogP contribution in [0.5, 0.6) is 0 Å². The first-order valence-electron chi connectivity index (χ1n) is 7.34. The number of aromatic nitrogens is 2. The minimum Gasteiger partial charge on any atom is -0.355 e. The number of imidazole rings is 1. The van der Waals surface area contributed by atoms with E-state index in [1.807, 2.05) is 0 Å². The van der Waals surface area contributed by atoms with Gasteiger partial charge in [-0.05, 0) is 13.3 Å². The molecule has 20 heavy (non-hydrogen) atoms. The first kappa shape index (κ1) is 15.3. The van der Waals surface area contributed by atoms with Crippen molar-refractivity contribution < 1.29 is 4.79 Å². The molecule has 1 unspecified atom stereocenters. The van der Waals surface area contributed by atoms with Crippen LogP contribution in [0.15, 0.2) is 0 Å². The Kier molecular flexibility index (Phi) is 5.43. The van der Waals surface area contributed by atoms with Crippen molar-refractivity contribution in [3.63, 3.8) is 0 Å². The van der Waals surface area contributed by atoms with Crippen molar-refractivity contribution in [2.75, 3.05) is 13.1 Å². The van der Waals surface area contributed by atoms with E-state index in [9.17, 15) is 4.79 Å². The summed E-state index contributed by atoms with van der Waals surface area (Å²) in [6, 6.07) is 0.305. The van der Waals surface area contributed by atoms with E-state index < -0.39 is 0 Å². The molecule has 1 atom stereocenters. The molecule has 0 saturated carbocycles. The molecule has 0 bridgehead atoms. The molecule has 2 rings (SSSR count). The van der Waals surface area contributed by atoms with Crippen molar-refractivity contribution in [2.45, 2.75) is 52.1 Å². The van der Waals surface area contributed by atoms with Crippen LogP contribution >= 0.6 is 11.6 Å². The van der Waals surface area contributed by atoms with Crippen LogP contribution in [-0.4, -0.2) is 39.9 Å². The summed E-state index contributed by atoms with van der Waals surface area (Å²) in [4.78, 5) is 21.4. The second-order valence-corrected chi connectivity index (χ2v) is 5.79. The molecule has 0 aliphatic carbocycles. The van der Waals surface area contributed by atoms with Gasteiger partial charge in [0.15, 0.2) is 5.15 Å². The summed E-state index contributed by atoms with van der Waals surface area (Å²) in [6.45, 7) is 6.44. The summed E-state index contributed by atoms with van der Waals surface area (Å²) in [5.74, 6) is 1.09. The zero-order valence-corrected chi connectivity index (χ0v) is 13.0. The molecule has 1 aromatic heterocycles. The van der Waals surface area contributed by atoms with Gasteiger partial charge in [-0.15, -0.1) is 0 Å². The van der Waals surface area contributed by atoms with Crippen LogP contribution in [0.3, 0.4) is 0 Å². The van der Waals surface area contributed by atoms with E-state index in [0.717, 1.165) is 37.3 Å². The van der Waals surface area contributed by atoms with Gasteiger partial charge in [0.05, 0.1) is 5.69 Å². The first-order valence-corrected chi connectivity index (χ1v) is 7.72. The second kappa shape index (κ2) is 7.09. The maximum atomic E-state index is 11.4. The first-order chi connectivity index (χ1) is 9.60. The van der Waals surface area contributed by atoms with Crippen LogP contribution in [0.2, 0.25) is 5.15 Å². The van der Waals surface area contributed by atoms with Crippen LogP contribution in [0.25, 0.3) is 0 Å². The predicted molar refractivity (Wildman–Crippen MR) is 79.7 cm³/mol. The molecular weight excluding hydrogens is 276 g/mol. The molecule has 5 nitrogen and oxygen atoms in total. The lowest BCUT2D eigenvalue weighted by molar-refractivity contribution is -0.120. The molecule has 1 aliphatic heterocycles. The van der Waals surface area contributed by atoms with Gasteiger partial charge >= 0.3 is 0 Å². The summed E-state index contributed by atoms with van der Waals surface area (Å²) in [6.07, 6.45) is 3.73. The van der Waals surface area contributed by atoms with Gasteiger partial charge in [-0.3, -0.25) is 9.69 Å². The monoisotopic (exact) mass is 298 g/mol. The molecule has 1 aromatic rings. The fourth-order valence-corrected chi connectivity index (χ4v) is 2.60. The highest BCUT2D eigenvalue weighted by molar-refractivity contribution is 6.30. The molecule has 0 radical (unpaired) electrons. The van der Waals surface area contributed by atoms with Crippen LogP contribution in [0.4, 0.5) is 0 Å². The highest BCUT2D eigenvalue weighted by Gasteiger charge is 2.22. The number of nitrogens with one attached hydrogen (secondary N) is 2. The number of nitrogens with zero attached hydrogens (tertiary/aromatic N) is 2. The van der Waals surface area contributed by atoms with Crippen molar-refractivity contribution in [3.8, 4) is 0 Å². The SMILES string of the molecule is CCCCc1nc(Cl)c(CN2CCC(=O)NCC2C)[nH]1. The molecule has 2 N–H and O–H groups in total. The van der Waals surface area contributed by atoms with Crippen molar-refractivity contribution >= 4 is 17.5 Å². The third-order valence-corrected chi connectivity index (χ3v) is 4.06. The Balaban J connectivity index is 2.01. The fourth-order valence-electron chi connectivity index (χ4n) is 2.39. The number of aromatic amines is 1. The number of unbranched alkanes of at least 4 members (excludes halogenated alkanes) is 1. The van der Waals surface area contributed by atoms with E-state index in [1.54, 1.807) is 0 Å². The summed E-state index contributed by atoms with van der Waals surface area (Å²) in [5, 5.41) is 3.48. The van der Waals surface area contributed by atoms with E-state index in [1.165, 1.54) is 0 Å². The Hall–Kier alpha value is -1.07. The van der Waals surface area contributed by atoms with Crippen molar-refractivity contribution in [2.24, 2.45) is 0 Å². The molecule has 1 aliphatic rings. The molecule has 0 spiro atoms. The quantitative estimate of drug-likeness (QED) is 0.875. The van der Waals surface area contributed by atoms with Crippen molar-refractivity contribution in [1.82, 2.24) is 20.2 Å². The van der Waals surface area contributed by atoms with Crippen LogP contribution in [-0.2, 0) is 17.8 Å². The normalized spacial score (nSPS) is 20.8. The third-order valence-electron chi connectivity index (χ3n) is 3.75. The maximum absolute atomic E-state index is 11.4. The van der Waals surface area contributed by atoms with Gasteiger partial charge in [-0.25, -0.2) is 4.98 Å². The van der Waals surface area contributed by atoms with Gasteiger partial charge in [-0.1, -0.05) is 24.9 Å². The van der Waals surface area contributed by atoms with Gasteiger partial charge < -0.3 is 10.3 Å². The molecular formula is C14H23ClN4O. The van der Waals surface area contributed by atoms with E-state index in [2.05, 4.69) is 34.0 Å². The van der Waals surface area contributed by atoms with Crippen molar-refractivity contribution in [1.29, 1.82) is 0 Å². The Morgan fingerprint density at radius 2 is 2.30 bits per heavy atom. The number of aryl methyl sites for hydroxylation is 1. The van der Waals surface area contributed by atoms with Crippen LogP contribution in [0.1, 0.15) is 44.6 Å². The lowest BCUT2D eigenvalue weighted by Gasteiger charge is -2.25. The topological polar surface area (TPSA) is 61.0 Å². The molecule has 2 heterocycles. The van der Waals surface area contributed by atoms with Gasteiger partial charge in [0.25, 0.3) is 0 Å². The Bertz CT molecular complexity index is 460. The smallest absolute Gasteiger partial charge is 0.221 e. The minimum atomic E-state index is 0.124. The van der Waals surface area contributed by atoms with Gasteiger partial charge in [-0.2, -0.15) is 0 Å². The average molecular weight is 299 g/mol. The average Bonchev–Trinajstić information content (AvgIpc) is 2.69. The minimum absolute atomic E-state index is 0.124. The van der Waals surface area contributed by atoms with Gasteiger partial charge in [0.2, 0.25) is 5.91 Å². The van der Waals surface area contributed by atoms with E-state index in [-0.39, 0.29) is 5.91 Å². The lowest BCUT2D eigenvalue weighted by atomic mass is 10.2. The number of amides is 1. The Labute approximate surface area is 125 Å². The number of hydrogen-bond donors (Lipinski definition) is 2. The van der Waals surface area contributed by atoms with E-state index >= 15 is 0 Å². The van der Waals surface area contributed by atoms with Crippen LogP contribution in [0, 0.1) is 0 Å². The lowest BCUT2D eigenvalue weighted by Crippen LogP contribution is -2.37. The highest BCUT2D eigenvalue weighted by Crippen LogP contribution is 2.18. The molecule has 0 aromatic carbocycles. The van der Waals surface area contributed by atoms with E-state index in [4.69, 9.17) is 11.6 Å². The number of H-pyrrole nitrogens is 1. The summed E-state index contributed by atoms with van der Waals surface area (Å²) >= 11 is 6.21. The third kappa shape index (κ3) is 3.96. The standard InChI is InChI=1S/C14H23ClN4O/c1-3-4-5-12-17-11(14(15)18-12)9-19-7-6-13(20)16-8-10(19)2/h10H,3-9H2,1-2H3,(H,16,20)(H,17,18). The fraction of sp³-hybridized carbons (Fsp3) is 0.714. The summed E-state index contributed by atoms with van der Waals surface area (Å²) in [5.41, 5.74) is 0.957. The largest absolute Gasteiger partial charge is 0.355 e. The summed E-state index contributed by atoms with van der Waals surface area (Å²) < 4.78 is 0. The highest BCUT2D eigenvalue weighted by atomic mass is 35.5. The molecule has 112 valence electrons. The number of carbonyl (C=O) groups is 1. The number of hydrogen-bond acceptors (Lipinski definition) is 3. The molecule has 1 fully saturated rings. The zero-order valence-electron chi connectivity index (χ0n) is 12.2. The number of rotatable bonds is 5. The zero-order chi connectivity index (χ0) is 14.5. The number of halogens is 1. The maximum Gasteiger partial charge on any atom is 0.221 e. The second-order valence-electron chi connectivity index (χ2n) is 5.43. The van der Waals surface area contributed by atoms with Gasteiger partial charge in [0, 0.05) is 38.5 Å². The van der Waals surface area contributed by atoms with E-state index in [0.29, 0.717) is 30.7 Å². The molecule has 6 heteroatoms.